The Kier molecular flexibility index (Phi) is 7.76. The molecule has 0 aliphatic rings. The van der Waals surface area contributed by atoms with Gasteiger partial charge in [-0.3, -0.25) is 9.59 Å². The average Bonchev–Trinajstić information content (AvgIpc) is 2.58. The van der Waals surface area contributed by atoms with Crippen molar-refractivity contribution in [2.45, 2.75) is 32.6 Å². The van der Waals surface area contributed by atoms with Gasteiger partial charge in [-0.05, 0) is 36.6 Å². The Morgan fingerprint density at radius 3 is 2.12 bits per heavy atom. The third kappa shape index (κ3) is 5.90. The first-order valence-corrected chi connectivity index (χ1v) is 9.18. The maximum atomic E-state index is 11.9. The van der Waals surface area contributed by atoms with E-state index in [0.717, 1.165) is 12.0 Å². The molecule has 0 saturated carbocycles. The second kappa shape index (κ2) is 9.81. The Labute approximate surface area is 167 Å². The van der Waals surface area contributed by atoms with E-state index < -0.39 is 11.9 Å². The number of esters is 2. The van der Waals surface area contributed by atoms with Crippen LogP contribution in [0.4, 0.5) is 0 Å². The zero-order valence-electron chi connectivity index (χ0n) is 14.1. The van der Waals surface area contributed by atoms with Gasteiger partial charge in [0.25, 0.3) is 0 Å². The molecule has 0 fully saturated rings. The van der Waals surface area contributed by atoms with Crippen LogP contribution in [0.1, 0.15) is 31.7 Å². The van der Waals surface area contributed by atoms with Crippen LogP contribution in [0.5, 0.6) is 11.5 Å². The molecule has 7 heteroatoms. The van der Waals surface area contributed by atoms with Crippen LogP contribution in [0.15, 0.2) is 36.4 Å². The molecule has 0 spiro atoms. The second-order valence-electron chi connectivity index (χ2n) is 5.46. The van der Waals surface area contributed by atoms with E-state index in [1.165, 1.54) is 12.1 Å². The standard InChI is InChI=1S/C19H17Cl3O4/c1-2-12-6-3-4-7-16(12)25-17(23)8-5-9-18(24)26-19-14(21)10-13(20)11-15(19)22/h3-4,6-7,10-11H,2,5,8-9H2,1H3. The molecule has 0 atom stereocenters. The monoisotopic (exact) mass is 414 g/mol. The molecule has 0 unspecified atom stereocenters. The smallest absolute Gasteiger partial charge is 0.311 e. The van der Waals surface area contributed by atoms with Gasteiger partial charge in [0.15, 0.2) is 5.75 Å². The maximum Gasteiger partial charge on any atom is 0.311 e. The van der Waals surface area contributed by atoms with Crippen LogP contribution in [0, 0.1) is 0 Å². The number of ether oxygens (including phenoxy) is 2. The highest BCUT2D eigenvalue weighted by Crippen LogP contribution is 2.36. The van der Waals surface area contributed by atoms with Gasteiger partial charge in [-0.1, -0.05) is 59.9 Å². The highest BCUT2D eigenvalue weighted by Gasteiger charge is 2.15. The SMILES string of the molecule is CCc1ccccc1OC(=O)CCCC(=O)Oc1c(Cl)cc(Cl)cc1Cl. The van der Waals surface area contributed by atoms with E-state index in [-0.39, 0.29) is 35.1 Å². The number of aryl methyl sites for hydroxylation is 1. The van der Waals surface area contributed by atoms with Crippen molar-refractivity contribution in [3.8, 4) is 11.5 Å². The van der Waals surface area contributed by atoms with Crippen LogP contribution < -0.4 is 9.47 Å². The number of benzene rings is 2. The highest BCUT2D eigenvalue weighted by molar-refractivity contribution is 6.40. The van der Waals surface area contributed by atoms with Gasteiger partial charge in [0.1, 0.15) is 5.75 Å². The lowest BCUT2D eigenvalue weighted by Gasteiger charge is -2.09. The van der Waals surface area contributed by atoms with E-state index in [2.05, 4.69) is 0 Å². The highest BCUT2D eigenvalue weighted by atomic mass is 35.5. The van der Waals surface area contributed by atoms with Gasteiger partial charge < -0.3 is 9.47 Å². The Balaban J connectivity index is 1.82. The summed E-state index contributed by atoms with van der Waals surface area (Å²) in [6.07, 6.45) is 1.17. The van der Waals surface area contributed by atoms with Crippen molar-refractivity contribution in [1.82, 2.24) is 0 Å². The normalized spacial score (nSPS) is 10.5. The largest absolute Gasteiger partial charge is 0.426 e. The first-order chi connectivity index (χ1) is 12.4. The molecular formula is C19H17Cl3O4. The van der Waals surface area contributed by atoms with Crippen molar-refractivity contribution >= 4 is 46.7 Å². The number of carbonyl (C=O) groups is 2. The van der Waals surface area contributed by atoms with E-state index in [4.69, 9.17) is 44.3 Å². The summed E-state index contributed by atoms with van der Waals surface area (Å²) in [5, 5.41) is 0.632. The number of halogens is 3. The van der Waals surface area contributed by atoms with Crippen LogP contribution >= 0.6 is 34.8 Å². The fraction of sp³-hybridized carbons (Fsp3) is 0.263. The minimum absolute atomic E-state index is 0.0276. The third-order valence-corrected chi connectivity index (χ3v) is 4.30. The fourth-order valence-corrected chi connectivity index (χ4v) is 3.13. The van der Waals surface area contributed by atoms with Crippen molar-refractivity contribution < 1.29 is 19.1 Å². The van der Waals surface area contributed by atoms with Gasteiger partial charge in [-0.15, -0.1) is 0 Å². The van der Waals surface area contributed by atoms with Crippen molar-refractivity contribution in [2.75, 3.05) is 0 Å². The van der Waals surface area contributed by atoms with Crippen LogP contribution in [-0.4, -0.2) is 11.9 Å². The van der Waals surface area contributed by atoms with E-state index in [0.29, 0.717) is 10.8 Å². The molecule has 0 aliphatic heterocycles. The zero-order valence-corrected chi connectivity index (χ0v) is 16.3. The number of carbonyl (C=O) groups excluding carboxylic acids is 2. The number of hydrogen-bond acceptors (Lipinski definition) is 4. The summed E-state index contributed by atoms with van der Waals surface area (Å²) < 4.78 is 10.5. The van der Waals surface area contributed by atoms with Crippen LogP contribution in [0.3, 0.4) is 0 Å². The molecule has 0 N–H and O–H groups in total. The van der Waals surface area contributed by atoms with Crippen LogP contribution in [0.2, 0.25) is 15.1 Å². The van der Waals surface area contributed by atoms with Crippen LogP contribution in [-0.2, 0) is 16.0 Å². The zero-order chi connectivity index (χ0) is 19.1. The Morgan fingerprint density at radius 2 is 1.50 bits per heavy atom. The molecule has 4 nitrogen and oxygen atoms in total. The molecule has 0 aromatic heterocycles. The topological polar surface area (TPSA) is 52.6 Å². The van der Waals surface area contributed by atoms with E-state index in [1.54, 1.807) is 12.1 Å². The molecule has 0 heterocycles. The van der Waals surface area contributed by atoms with E-state index >= 15 is 0 Å². The molecule has 2 rings (SSSR count). The quantitative estimate of drug-likeness (QED) is 0.418. The second-order valence-corrected chi connectivity index (χ2v) is 6.71. The molecule has 2 aromatic rings. The summed E-state index contributed by atoms with van der Waals surface area (Å²) >= 11 is 17.7. The average molecular weight is 416 g/mol. The molecule has 26 heavy (non-hydrogen) atoms. The van der Waals surface area contributed by atoms with Crippen molar-refractivity contribution in [2.24, 2.45) is 0 Å². The summed E-state index contributed by atoms with van der Waals surface area (Å²) in [5.41, 5.74) is 0.951. The van der Waals surface area contributed by atoms with Gasteiger partial charge in [0.05, 0.1) is 10.0 Å². The van der Waals surface area contributed by atoms with Crippen LogP contribution in [0.25, 0.3) is 0 Å². The Morgan fingerprint density at radius 1 is 0.923 bits per heavy atom. The molecule has 0 aliphatic carbocycles. The summed E-state index contributed by atoms with van der Waals surface area (Å²) in [7, 11) is 0. The van der Waals surface area contributed by atoms with Crippen molar-refractivity contribution in [1.29, 1.82) is 0 Å². The molecule has 0 amide bonds. The van der Waals surface area contributed by atoms with Gasteiger partial charge in [-0.25, -0.2) is 0 Å². The lowest BCUT2D eigenvalue weighted by atomic mass is 10.1. The number of para-hydroxylation sites is 1. The Bertz CT molecular complexity index is 782. The summed E-state index contributed by atoms with van der Waals surface area (Å²) in [5.74, 6) is -0.344. The molecule has 0 saturated heterocycles. The van der Waals surface area contributed by atoms with Crippen molar-refractivity contribution in [3.63, 3.8) is 0 Å². The summed E-state index contributed by atoms with van der Waals surface area (Å²) in [4.78, 5) is 23.9. The summed E-state index contributed by atoms with van der Waals surface area (Å²) in [6, 6.07) is 10.2. The lowest BCUT2D eigenvalue weighted by molar-refractivity contribution is -0.136. The maximum absolute atomic E-state index is 11.9. The molecule has 138 valence electrons. The lowest BCUT2D eigenvalue weighted by Crippen LogP contribution is -2.12. The minimum atomic E-state index is -0.544. The minimum Gasteiger partial charge on any atom is -0.426 e. The van der Waals surface area contributed by atoms with Gasteiger partial charge >= 0.3 is 11.9 Å². The van der Waals surface area contributed by atoms with Crippen molar-refractivity contribution in [3.05, 3.63) is 57.0 Å². The van der Waals surface area contributed by atoms with E-state index in [1.807, 2.05) is 19.1 Å². The molecule has 0 bridgehead atoms. The summed E-state index contributed by atoms with van der Waals surface area (Å²) in [6.45, 7) is 1.98. The Hall–Kier alpha value is -1.75. The van der Waals surface area contributed by atoms with E-state index in [9.17, 15) is 9.59 Å². The molecule has 2 aromatic carbocycles. The van der Waals surface area contributed by atoms with Gasteiger partial charge in [0, 0.05) is 17.9 Å². The fourth-order valence-electron chi connectivity index (χ4n) is 2.24. The molecule has 0 radical (unpaired) electrons. The number of hydrogen-bond donors (Lipinski definition) is 0. The first kappa shape index (κ1) is 20.6. The predicted octanol–water partition coefficient (Wildman–Crippen LogP) is 5.89. The van der Waals surface area contributed by atoms with Gasteiger partial charge in [0.2, 0.25) is 0 Å². The molecular weight excluding hydrogens is 399 g/mol. The van der Waals surface area contributed by atoms with Gasteiger partial charge in [-0.2, -0.15) is 0 Å². The third-order valence-electron chi connectivity index (χ3n) is 3.52. The number of rotatable bonds is 7. The predicted molar refractivity (Wildman–Crippen MR) is 102 cm³/mol. The first-order valence-electron chi connectivity index (χ1n) is 8.04.